The first kappa shape index (κ1) is 22.8. The molecular formula is C19H28N4O5S. The van der Waals surface area contributed by atoms with Gasteiger partial charge >= 0.3 is 0 Å². The number of nitrogens with one attached hydrogen (secondary N) is 2. The highest BCUT2D eigenvalue weighted by atomic mass is 32.2. The second-order valence-electron chi connectivity index (χ2n) is 7.54. The van der Waals surface area contributed by atoms with Crippen LogP contribution in [0.15, 0.2) is 29.2 Å². The fraction of sp³-hybridized carbons (Fsp3) is 0.526. The van der Waals surface area contributed by atoms with Crippen LogP contribution in [-0.4, -0.2) is 62.5 Å². The van der Waals surface area contributed by atoms with Crippen LogP contribution in [0.25, 0.3) is 0 Å². The van der Waals surface area contributed by atoms with E-state index in [1.807, 2.05) is 13.8 Å². The molecule has 3 amide bonds. The Kier molecular flexibility index (Phi) is 7.37. The van der Waals surface area contributed by atoms with E-state index in [4.69, 9.17) is 0 Å². The van der Waals surface area contributed by atoms with Crippen LogP contribution in [0, 0.1) is 11.8 Å². The second-order valence-corrected chi connectivity index (χ2v) is 9.69. The van der Waals surface area contributed by atoms with Gasteiger partial charge in [-0.15, -0.1) is 0 Å². The van der Waals surface area contributed by atoms with Crippen LogP contribution in [-0.2, 0) is 19.6 Å². The van der Waals surface area contributed by atoms with Crippen molar-refractivity contribution in [2.75, 3.05) is 27.2 Å². The van der Waals surface area contributed by atoms with E-state index in [1.54, 1.807) is 4.90 Å². The smallest absolute Gasteiger partial charge is 0.269 e. The van der Waals surface area contributed by atoms with Crippen LogP contribution in [0.4, 0.5) is 0 Å². The van der Waals surface area contributed by atoms with E-state index in [2.05, 4.69) is 10.9 Å². The van der Waals surface area contributed by atoms with Crippen LogP contribution in [0.3, 0.4) is 0 Å². The van der Waals surface area contributed by atoms with Crippen LogP contribution < -0.4 is 10.9 Å². The van der Waals surface area contributed by atoms with Crippen LogP contribution in [0.1, 0.15) is 37.0 Å². The van der Waals surface area contributed by atoms with Crippen molar-refractivity contribution >= 4 is 27.7 Å². The highest BCUT2D eigenvalue weighted by molar-refractivity contribution is 7.89. The summed E-state index contributed by atoms with van der Waals surface area (Å²) in [6.45, 7) is 4.57. The van der Waals surface area contributed by atoms with Gasteiger partial charge < -0.3 is 4.90 Å². The second kappa shape index (κ2) is 9.36. The fourth-order valence-corrected chi connectivity index (χ4v) is 4.01. The number of hydrogen-bond donors (Lipinski definition) is 2. The van der Waals surface area contributed by atoms with Gasteiger partial charge in [0.1, 0.15) is 0 Å². The molecule has 1 unspecified atom stereocenters. The van der Waals surface area contributed by atoms with E-state index < -0.39 is 21.8 Å². The number of hydrogen-bond acceptors (Lipinski definition) is 5. The Morgan fingerprint density at radius 1 is 1.17 bits per heavy atom. The van der Waals surface area contributed by atoms with Gasteiger partial charge in [0.15, 0.2) is 0 Å². The molecule has 1 atom stereocenters. The van der Waals surface area contributed by atoms with Crippen LogP contribution in [0.5, 0.6) is 0 Å². The minimum Gasteiger partial charge on any atom is -0.342 e. The third-order valence-electron chi connectivity index (χ3n) is 4.77. The number of rotatable bonds is 5. The summed E-state index contributed by atoms with van der Waals surface area (Å²) in [5.41, 5.74) is 4.81. The monoisotopic (exact) mass is 424 g/mol. The van der Waals surface area contributed by atoms with Gasteiger partial charge in [0.05, 0.1) is 10.8 Å². The van der Waals surface area contributed by atoms with Gasteiger partial charge in [0, 0.05) is 38.7 Å². The Morgan fingerprint density at radius 3 is 2.48 bits per heavy atom. The fourth-order valence-electron chi connectivity index (χ4n) is 3.06. The minimum absolute atomic E-state index is 0.00505. The standard InChI is InChI=1S/C19H28N4O5S/c1-13(2)19(26)23-10-6-8-15(12-23)18(25)21-20-17(24)14-7-5-9-16(11-14)29(27,28)22(3)4/h5,7,9,11,13,15H,6,8,10,12H2,1-4H3,(H,20,24)(H,21,25). The average molecular weight is 425 g/mol. The van der Waals surface area contributed by atoms with Crippen molar-refractivity contribution < 1.29 is 22.8 Å². The largest absolute Gasteiger partial charge is 0.342 e. The molecule has 29 heavy (non-hydrogen) atoms. The molecule has 1 aromatic rings. The van der Waals surface area contributed by atoms with E-state index in [9.17, 15) is 22.8 Å². The molecule has 2 N–H and O–H groups in total. The number of sulfonamides is 1. The Bertz CT molecular complexity index is 882. The van der Waals surface area contributed by atoms with Crippen molar-refractivity contribution in [1.29, 1.82) is 0 Å². The van der Waals surface area contributed by atoms with E-state index in [0.717, 1.165) is 10.7 Å². The maximum absolute atomic E-state index is 12.4. The number of piperidine rings is 1. The minimum atomic E-state index is -3.67. The Morgan fingerprint density at radius 2 is 1.86 bits per heavy atom. The van der Waals surface area contributed by atoms with Crippen molar-refractivity contribution in [3.63, 3.8) is 0 Å². The first-order valence-corrected chi connectivity index (χ1v) is 10.9. The number of carbonyl (C=O) groups is 3. The van der Waals surface area contributed by atoms with Gasteiger partial charge in [-0.2, -0.15) is 0 Å². The van der Waals surface area contributed by atoms with Gasteiger partial charge in [-0.1, -0.05) is 19.9 Å². The summed E-state index contributed by atoms with van der Waals surface area (Å²) >= 11 is 0. The molecule has 1 aliphatic heterocycles. The first-order chi connectivity index (χ1) is 13.5. The molecule has 0 saturated carbocycles. The zero-order valence-corrected chi connectivity index (χ0v) is 18.0. The van der Waals surface area contributed by atoms with Gasteiger partial charge in [-0.3, -0.25) is 25.2 Å². The molecule has 1 heterocycles. The van der Waals surface area contributed by atoms with Crippen molar-refractivity contribution in [1.82, 2.24) is 20.1 Å². The summed E-state index contributed by atoms with van der Waals surface area (Å²) in [5.74, 6) is -1.54. The quantitative estimate of drug-likeness (QED) is 0.672. The lowest BCUT2D eigenvalue weighted by atomic mass is 9.96. The SMILES string of the molecule is CC(C)C(=O)N1CCCC(C(=O)NNC(=O)c2cccc(S(=O)(=O)N(C)C)c2)C1. The summed E-state index contributed by atoms with van der Waals surface area (Å²) in [7, 11) is -0.869. The van der Waals surface area contributed by atoms with Gasteiger partial charge in [-0.25, -0.2) is 12.7 Å². The maximum Gasteiger partial charge on any atom is 0.269 e. The summed E-state index contributed by atoms with van der Waals surface area (Å²) in [6.07, 6.45) is 1.34. The van der Waals surface area contributed by atoms with Crippen molar-refractivity contribution in [2.24, 2.45) is 11.8 Å². The number of benzene rings is 1. The van der Waals surface area contributed by atoms with Gasteiger partial charge in [-0.05, 0) is 31.0 Å². The summed E-state index contributed by atoms with van der Waals surface area (Å²) < 4.78 is 25.5. The normalized spacial score (nSPS) is 17.3. The van der Waals surface area contributed by atoms with Gasteiger partial charge in [0.25, 0.3) is 5.91 Å². The highest BCUT2D eigenvalue weighted by Crippen LogP contribution is 2.18. The number of amides is 3. The van der Waals surface area contributed by atoms with Crippen LogP contribution in [0.2, 0.25) is 0 Å². The number of nitrogens with zero attached hydrogens (tertiary/aromatic N) is 2. The first-order valence-electron chi connectivity index (χ1n) is 9.45. The zero-order chi connectivity index (χ0) is 21.8. The molecule has 1 aromatic carbocycles. The molecule has 1 fully saturated rings. The molecule has 0 aromatic heterocycles. The Balaban J connectivity index is 1.99. The number of likely N-dealkylation sites (tertiary alicyclic amines) is 1. The van der Waals surface area contributed by atoms with Crippen molar-refractivity contribution in [2.45, 2.75) is 31.6 Å². The topological polar surface area (TPSA) is 116 Å². The zero-order valence-electron chi connectivity index (χ0n) is 17.1. The lowest BCUT2D eigenvalue weighted by molar-refractivity contribution is -0.138. The molecule has 1 aliphatic rings. The number of hydrazine groups is 1. The molecule has 1 saturated heterocycles. The van der Waals surface area contributed by atoms with E-state index in [-0.39, 0.29) is 28.2 Å². The molecule has 10 heteroatoms. The molecular weight excluding hydrogens is 396 g/mol. The number of carbonyl (C=O) groups excluding carboxylic acids is 3. The summed E-state index contributed by atoms with van der Waals surface area (Å²) in [4.78, 5) is 38.6. The highest BCUT2D eigenvalue weighted by Gasteiger charge is 2.29. The van der Waals surface area contributed by atoms with Crippen molar-refractivity contribution in [3.05, 3.63) is 29.8 Å². The lowest BCUT2D eigenvalue weighted by Crippen LogP contribution is -2.50. The molecule has 2 rings (SSSR count). The Hall–Kier alpha value is -2.46. The molecule has 9 nitrogen and oxygen atoms in total. The van der Waals surface area contributed by atoms with Gasteiger partial charge in [0.2, 0.25) is 21.8 Å². The molecule has 0 aliphatic carbocycles. The lowest BCUT2D eigenvalue weighted by Gasteiger charge is -2.33. The summed E-state index contributed by atoms with van der Waals surface area (Å²) in [6, 6.07) is 5.57. The third-order valence-corrected chi connectivity index (χ3v) is 6.58. The predicted octanol–water partition coefficient (Wildman–Crippen LogP) is 0.593. The molecule has 0 bridgehead atoms. The predicted molar refractivity (Wildman–Crippen MR) is 107 cm³/mol. The summed E-state index contributed by atoms with van der Waals surface area (Å²) in [5, 5.41) is 0. The molecule has 160 valence electrons. The third kappa shape index (κ3) is 5.54. The van der Waals surface area contributed by atoms with E-state index in [0.29, 0.717) is 19.5 Å². The maximum atomic E-state index is 12.4. The van der Waals surface area contributed by atoms with E-state index >= 15 is 0 Å². The van der Waals surface area contributed by atoms with Crippen LogP contribution >= 0.6 is 0 Å². The van der Waals surface area contributed by atoms with Crippen molar-refractivity contribution in [3.8, 4) is 0 Å². The Labute approximate surface area is 171 Å². The molecule has 0 radical (unpaired) electrons. The average Bonchev–Trinajstić information content (AvgIpc) is 2.71. The molecule has 0 spiro atoms. The van der Waals surface area contributed by atoms with E-state index in [1.165, 1.54) is 38.4 Å².